The van der Waals surface area contributed by atoms with E-state index in [1.165, 1.54) is 17.8 Å². The molecule has 0 saturated carbocycles. The average Bonchev–Trinajstić information content (AvgIpc) is 2.58. The van der Waals surface area contributed by atoms with Crippen LogP contribution in [0, 0.1) is 3.83 Å². The number of pyridine rings is 1. The van der Waals surface area contributed by atoms with Gasteiger partial charge in [-0.2, -0.15) is 13.2 Å². The quantitative estimate of drug-likeness (QED) is 0.325. The standard InChI is InChI=1S/C16H12F3IN4S/c1-21-13-8-6-7-10(22-14(8)24-15(20)23-13)12-9(16(17,18)19)4-3-5-11(12)25-2/h3-7H,1-2H3,(H,21,22,23,24). The molecule has 0 aliphatic heterocycles. The summed E-state index contributed by atoms with van der Waals surface area (Å²) < 4.78 is 40.9. The van der Waals surface area contributed by atoms with Crippen molar-refractivity contribution in [1.29, 1.82) is 0 Å². The predicted octanol–water partition coefficient (Wildman–Crippen LogP) is 5.08. The Bertz CT molecular complexity index is 947. The molecule has 1 aromatic carbocycles. The van der Waals surface area contributed by atoms with Crippen molar-refractivity contribution >= 4 is 51.2 Å². The number of hydrogen-bond acceptors (Lipinski definition) is 5. The third-order valence-corrected chi connectivity index (χ3v) is 4.84. The van der Waals surface area contributed by atoms with Crippen molar-refractivity contribution < 1.29 is 13.2 Å². The van der Waals surface area contributed by atoms with Crippen LogP contribution < -0.4 is 5.32 Å². The Morgan fingerprint density at radius 2 is 1.84 bits per heavy atom. The van der Waals surface area contributed by atoms with E-state index >= 15 is 0 Å². The molecule has 9 heteroatoms. The molecule has 0 aliphatic carbocycles. The van der Waals surface area contributed by atoms with E-state index in [-0.39, 0.29) is 11.3 Å². The van der Waals surface area contributed by atoms with E-state index in [1.807, 2.05) is 22.6 Å². The first-order valence-electron chi connectivity index (χ1n) is 7.11. The Morgan fingerprint density at radius 1 is 1.08 bits per heavy atom. The molecule has 0 radical (unpaired) electrons. The van der Waals surface area contributed by atoms with Crippen LogP contribution >= 0.6 is 34.4 Å². The van der Waals surface area contributed by atoms with Crippen LogP contribution in [0.15, 0.2) is 35.2 Å². The van der Waals surface area contributed by atoms with Gasteiger partial charge < -0.3 is 5.32 Å². The molecule has 130 valence electrons. The number of alkyl halides is 3. The van der Waals surface area contributed by atoms with Crippen LogP contribution in [0.25, 0.3) is 22.3 Å². The smallest absolute Gasteiger partial charge is 0.372 e. The number of halogens is 4. The van der Waals surface area contributed by atoms with Gasteiger partial charge in [-0.05, 0) is 30.5 Å². The molecule has 0 aliphatic rings. The summed E-state index contributed by atoms with van der Waals surface area (Å²) in [5, 5.41) is 3.60. The molecule has 0 saturated heterocycles. The number of nitrogens with one attached hydrogen (secondary N) is 1. The lowest BCUT2D eigenvalue weighted by Crippen LogP contribution is -2.08. The molecule has 4 nitrogen and oxygen atoms in total. The van der Waals surface area contributed by atoms with E-state index in [4.69, 9.17) is 0 Å². The zero-order valence-electron chi connectivity index (χ0n) is 13.1. The molecule has 0 unspecified atom stereocenters. The van der Waals surface area contributed by atoms with E-state index in [2.05, 4.69) is 20.3 Å². The third kappa shape index (κ3) is 3.52. The zero-order chi connectivity index (χ0) is 18.2. The summed E-state index contributed by atoms with van der Waals surface area (Å²) in [6, 6.07) is 7.40. The van der Waals surface area contributed by atoms with Crippen LogP contribution in [-0.4, -0.2) is 28.3 Å². The molecule has 25 heavy (non-hydrogen) atoms. The van der Waals surface area contributed by atoms with Gasteiger partial charge in [-0.3, -0.25) is 0 Å². The molecule has 3 aromatic rings. The van der Waals surface area contributed by atoms with Crippen LogP contribution in [0.1, 0.15) is 5.56 Å². The lowest BCUT2D eigenvalue weighted by Gasteiger charge is -2.16. The maximum Gasteiger partial charge on any atom is 0.417 e. The highest BCUT2D eigenvalue weighted by Gasteiger charge is 2.35. The minimum Gasteiger partial charge on any atom is -0.372 e. The first kappa shape index (κ1) is 18.2. The summed E-state index contributed by atoms with van der Waals surface area (Å²) in [6.45, 7) is 0. The van der Waals surface area contributed by atoms with Gasteiger partial charge in [-0.1, -0.05) is 6.07 Å². The monoisotopic (exact) mass is 476 g/mol. The highest BCUT2D eigenvalue weighted by molar-refractivity contribution is 14.1. The minimum absolute atomic E-state index is 0.0732. The van der Waals surface area contributed by atoms with Crippen LogP contribution in [0.4, 0.5) is 19.0 Å². The van der Waals surface area contributed by atoms with E-state index in [9.17, 15) is 13.2 Å². The molecule has 0 bridgehead atoms. The molecule has 0 spiro atoms. The first-order valence-corrected chi connectivity index (χ1v) is 9.42. The predicted molar refractivity (Wildman–Crippen MR) is 102 cm³/mol. The van der Waals surface area contributed by atoms with Crippen LogP contribution in [0.5, 0.6) is 0 Å². The number of benzene rings is 1. The Labute approximate surface area is 159 Å². The Morgan fingerprint density at radius 3 is 2.48 bits per heavy atom. The molecule has 3 rings (SSSR count). The number of thioether (sulfide) groups is 1. The molecule has 0 atom stereocenters. The van der Waals surface area contributed by atoms with Crippen molar-refractivity contribution in [1.82, 2.24) is 15.0 Å². The minimum atomic E-state index is -4.46. The van der Waals surface area contributed by atoms with Crippen LogP contribution in [0.3, 0.4) is 0 Å². The van der Waals surface area contributed by atoms with Crippen molar-refractivity contribution in [2.75, 3.05) is 18.6 Å². The summed E-state index contributed by atoms with van der Waals surface area (Å²) >= 11 is 3.20. The normalized spacial score (nSPS) is 11.8. The molecule has 2 aromatic heterocycles. The fourth-order valence-corrected chi connectivity index (χ4v) is 3.62. The number of hydrogen-bond donors (Lipinski definition) is 1. The lowest BCUT2D eigenvalue weighted by molar-refractivity contribution is -0.137. The highest BCUT2D eigenvalue weighted by Crippen LogP contribution is 2.41. The summed E-state index contributed by atoms with van der Waals surface area (Å²) in [4.78, 5) is 13.4. The molecule has 0 amide bonds. The second-order valence-corrected chi connectivity index (χ2v) is 6.85. The summed E-state index contributed by atoms with van der Waals surface area (Å²) in [5.74, 6) is 0.586. The second kappa shape index (κ2) is 6.94. The van der Waals surface area contributed by atoms with Crippen LogP contribution in [0.2, 0.25) is 0 Å². The summed E-state index contributed by atoms with van der Waals surface area (Å²) in [7, 11) is 1.72. The molecular weight excluding hydrogens is 464 g/mol. The topological polar surface area (TPSA) is 50.7 Å². The number of aromatic nitrogens is 3. The fourth-order valence-electron chi connectivity index (χ4n) is 2.51. The Balaban J connectivity index is 2.30. The Hall–Kier alpha value is -1.62. The number of anilines is 1. The van der Waals surface area contributed by atoms with E-state index < -0.39 is 11.7 Å². The van der Waals surface area contributed by atoms with Crippen LogP contribution in [-0.2, 0) is 6.18 Å². The van der Waals surface area contributed by atoms with Gasteiger partial charge in [0.05, 0.1) is 16.6 Å². The van der Waals surface area contributed by atoms with E-state index in [0.717, 1.165) is 6.07 Å². The van der Waals surface area contributed by atoms with Crippen molar-refractivity contribution in [3.05, 3.63) is 39.7 Å². The van der Waals surface area contributed by atoms with Gasteiger partial charge in [0.2, 0.25) is 0 Å². The average molecular weight is 476 g/mol. The molecular formula is C16H12F3IN4S. The molecule has 1 N–H and O–H groups in total. The third-order valence-electron chi connectivity index (χ3n) is 3.58. The number of fused-ring (bicyclic) bond motifs is 1. The van der Waals surface area contributed by atoms with E-state index in [1.54, 1.807) is 31.5 Å². The molecule has 0 fully saturated rings. The summed E-state index contributed by atoms with van der Waals surface area (Å²) in [6.07, 6.45) is -2.72. The number of nitrogens with zero attached hydrogens (tertiary/aromatic N) is 3. The number of rotatable bonds is 3. The Kier molecular flexibility index (Phi) is 5.05. The van der Waals surface area contributed by atoms with Gasteiger partial charge in [0, 0.05) is 40.1 Å². The van der Waals surface area contributed by atoms with Crippen molar-refractivity contribution in [2.45, 2.75) is 11.1 Å². The van der Waals surface area contributed by atoms with E-state index in [0.29, 0.717) is 25.6 Å². The van der Waals surface area contributed by atoms with Crippen molar-refractivity contribution in [3.8, 4) is 11.3 Å². The highest BCUT2D eigenvalue weighted by atomic mass is 127. The maximum atomic E-state index is 13.5. The van der Waals surface area contributed by atoms with Crippen molar-refractivity contribution in [3.63, 3.8) is 0 Å². The second-order valence-electron chi connectivity index (χ2n) is 5.04. The van der Waals surface area contributed by atoms with Gasteiger partial charge in [-0.25, -0.2) is 15.0 Å². The van der Waals surface area contributed by atoms with Gasteiger partial charge in [0.25, 0.3) is 0 Å². The first-order chi connectivity index (χ1) is 11.8. The maximum absolute atomic E-state index is 13.5. The van der Waals surface area contributed by atoms with Gasteiger partial charge in [0.15, 0.2) is 9.48 Å². The van der Waals surface area contributed by atoms with Crippen molar-refractivity contribution in [2.24, 2.45) is 0 Å². The SMILES string of the molecule is CNc1nc(I)nc2nc(-c3c(SC)cccc3C(F)(F)F)ccc12. The summed E-state index contributed by atoms with van der Waals surface area (Å²) in [5.41, 5.74) is -0.0422. The zero-order valence-corrected chi connectivity index (χ0v) is 16.1. The largest absolute Gasteiger partial charge is 0.417 e. The fraction of sp³-hybridized carbons (Fsp3) is 0.188. The molecule has 2 heterocycles. The van der Waals surface area contributed by atoms with Gasteiger partial charge in [-0.15, -0.1) is 11.8 Å². The van der Waals surface area contributed by atoms with Gasteiger partial charge in [0.1, 0.15) is 5.82 Å². The lowest BCUT2D eigenvalue weighted by atomic mass is 10.0. The van der Waals surface area contributed by atoms with Gasteiger partial charge >= 0.3 is 6.18 Å².